The van der Waals surface area contributed by atoms with E-state index in [2.05, 4.69) is 10.5 Å². The van der Waals surface area contributed by atoms with Gasteiger partial charge in [0.25, 0.3) is 5.91 Å². The van der Waals surface area contributed by atoms with Crippen LogP contribution in [0, 0.1) is 0 Å². The molecular formula is C14H9Cl4N3O2. The van der Waals surface area contributed by atoms with Gasteiger partial charge in [0.2, 0.25) is 5.43 Å². The molecule has 1 amide bonds. The lowest BCUT2D eigenvalue weighted by atomic mass is 10.2. The molecule has 1 aromatic heterocycles. The number of hydrazone groups is 1. The van der Waals surface area contributed by atoms with Crippen molar-refractivity contribution in [1.82, 2.24) is 9.99 Å². The van der Waals surface area contributed by atoms with E-state index < -0.39 is 11.3 Å². The van der Waals surface area contributed by atoms with Gasteiger partial charge in [0, 0.05) is 18.0 Å². The summed E-state index contributed by atoms with van der Waals surface area (Å²) in [5.41, 5.74) is 2.32. The summed E-state index contributed by atoms with van der Waals surface area (Å²) in [5.74, 6) is -0.444. The number of hydrogen-bond donors (Lipinski definition) is 1. The summed E-state index contributed by atoms with van der Waals surface area (Å²) in [6.45, 7) is -0.118. The van der Waals surface area contributed by atoms with Gasteiger partial charge in [0.05, 0.1) is 16.3 Å². The first-order chi connectivity index (χ1) is 10.9. The number of pyridine rings is 1. The molecule has 0 saturated heterocycles. The number of aromatic nitrogens is 1. The van der Waals surface area contributed by atoms with Crippen molar-refractivity contribution in [2.75, 3.05) is 0 Å². The molecular weight excluding hydrogens is 384 g/mol. The average molecular weight is 393 g/mol. The predicted molar refractivity (Wildman–Crippen MR) is 92.9 cm³/mol. The highest BCUT2D eigenvalue weighted by Gasteiger charge is 2.07. The summed E-state index contributed by atoms with van der Waals surface area (Å²) in [6.07, 6.45) is 3.96. The van der Waals surface area contributed by atoms with E-state index in [9.17, 15) is 9.59 Å². The highest BCUT2D eigenvalue weighted by atomic mass is 35.5. The van der Waals surface area contributed by atoms with Crippen LogP contribution >= 0.6 is 46.4 Å². The van der Waals surface area contributed by atoms with Crippen LogP contribution < -0.4 is 10.9 Å². The van der Waals surface area contributed by atoms with E-state index in [0.717, 1.165) is 0 Å². The number of benzene rings is 1. The molecule has 2 aromatic rings. The molecule has 9 heteroatoms. The molecule has 1 heterocycles. The van der Waals surface area contributed by atoms with Crippen molar-refractivity contribution >= 4 is 58.5 Å². The smallest absolute Gasteiger partial charge is 0.259 e. The van der Waals surface area contributed by atoms with Crippen molar-refractivity contribution in [2.24, 2.45) is 5.10 Å². The maximum Gasteiger partial charge on any atom is 0.259 e. The van der Waals surface area contributed by atoms with Crippen LogP contribution in [0.25, 0.3) is 0 Å². The monoisotopic (exact) mass is 391 g/mol. The lowest BCUT2D eigenvalue weighted by Crippen LogP contribution is -2.24. The molecule has 5 nitrogen and oxygen atoms in total. The van der Waals surface area contributed by atoms with Crippen LogP contribution in [0.2, 0.25) is 20.1 Å². The standard InChI is InChI=1S/C14H9Cl4N3O2/c15-9-2-1-3-10(16)8(9)4-19-20-13(22)7-21-5-11(17)14(23)12(18)6-21/h1-6H,7H2,(H,20,22)/b19-4-. The third-order valence-electron chi connectivity index (χ3n) is 2.70. The number of nitrogens with one attached hydrogen (secondary N) is 1. The van der Waals surface area contributed by atoms with E-state index in [4.69, 9.17) is 46.4 Å². The van der Waals surface area contributed by atoms with Crippen molar-refractivity contribution in [3.8, 4) is 0 Å². The van der Waals surface area contributed by atoms with Gasteiger partial charge in [-0.2, -0.15) is 5.10 Å². The summed E-state index contributed by atoms with van der Waals surface area (Å²) in [6, 6.07) is 5.01. The molecule has 120 valence electrons. The SMILES string of the molecule is O=C(Cn1cc(Cl)c(=O)c(Cl)c1)N/N=C\c1c(Cl)cccc1Cl. The van der Waals surface area contributed by atoms with Gasteiger partial charge in [0.15, 0.2) is 0 Å². The normalized spacial score (nSPS) is 11.0. The zero-order valence-electron chi connectivity index (χ0n) is 11.4. The first kappa shape index (κ1) is 17.8. The number of nitrogens with zero attached hydrogens (tertiary/aromatic N) is 2. The van der Waals surface area contributed by atoms with Crippen LogP contribution in [0.15, 0.2) is 40.5 Å². The van der Waals surface area contributed by atoms with Gasteiger partial charge in [-0.3, -0.25) is 9.59 Å². The van der Waals surface area contributed by atoms with Crippen LogP contribution in [-0.2, 0) is 11.3 Å². The second-order valence-corrected chi connectivity index (χ2v) is 6.01. The minimum absolute atomic E-state index is 0.0725. The van der Waals surface area contributed by atoms with Gasteiger partial charge >= 0.3 is 0 Å². The number of amides is 1. The third kappa shape index (κ3) is 4.72. The second kappa shape index (κ2) is 7.84. The quantitative estimate of drug-likeness (QED) is 0.638. The molecule has 0 saturated carbocycles. The molecule has 0 spiro atoms. The number of hydrogen-bond acceptors (Lipinski definition) is 3. The summed E-state index contributed by atoms with van der Waals surface area (Å²) >= 11 is 23.4. The minimum Gasteiger partial charge on any atom is -0.342 e. The van der Waals surface area contributed by atoms with Crippen LogP contribution in [0.3, 0.4) is 0 Å². The molecule has 1 aromatic carbocycles. The number of carbonyl (C=O) groups is 1. The fraction of sp³-hybridized carbons (Fsp3) is 0.0714. The molecule has 0 bridgehead atoms. The fourth-order valence-electron chi connectivity index (χ4n) is 1.66. The largest absolute Gasteiger partial charge is 0.342 e. The van der Waals surface area contributed by atoms with E-state index in [0.29, 0.717) is 15.6 Å². The number of halogens is 4. The van der Waals surface area contributed by atoms with Crippen molar-refractivity contribution in [1.29, 1.82) is 0 Å². The van der Waals surface area contributed by atoms with Crippen molar-refractivity contribution in [3.05, 3.63) is 66.5 Å². The summed E-state index contributed by atoms with van der Waals surface area (Å²) in [5, 5.41) is 4.47. The molecule has 0 radical (unpaired) electrons. The Balaban J connectivity index is 2.03. The molecule has 0 aliphatic rings. The average Bonchev–Trinajstić information content (AvgIpc) is 2.47. The molecule has 0 atom stereocenters. The van der Waals surface area contributed by atoms with E-state index in [-0.39, 0.29) is 16.6 Å². The molecule has 0 aliphatic heterocycles. The van der Waals surface area contributed by atoms with Gasteiger partial charge in [-0.15, -0.1) is 0 Å². The van der Waals surface area contributed by atoms with Crippen molar-refractivity contribution in [3.63, 3.8) is 0 Å². The maximum absolute atomic E-state index is 11.8. The zero-order chi connectivity index (χ0) is 17.0. The first-order valence-corrected chi connectivity index (χ1v) is 7.70. The maximum atomic E-state index is 11.8. The Hall–Kier alpha value is -1.53. The van der Waals surface area contributed by atoms with E-state index in [1.807, 2.05) is 0 Å². The molecule has 1 N–H and O–H groups in total. The highest BCUT2D eigenvalue weighted by Crippen LogP contribution is 2.21. The summed E-state index contributed by atoms with van der Waals surface area (Å²) in [7, 11) is 0. The first-order valence-electron chi connectivity index (χ1n) is 6.19. The van der Waals surface area contributed by atoms with Gasteiger partial charge < -0.3 is 4.57 Å². The van der Waals surface area contributed by atoms with E-state index >= 15 is 0 Å². The van der Waals surface area contributed by atoms with Crippen molar-refractivity contribution in [2.45, 2.75) is 6.54 Å². The van der Waals surface area contributed by atoms with Crippen LogP contribution in [0.5, 0.6) is 0 Å². The Bertz CT molecular complexity index is 787. The number of rotatable bonds is 4. The Morgan fingerprint density at radius 3 is 2.22 bits per heavy atom. The van der Waals surface area contributed by atoms with Gasteiger partial charge in [-0.1, -0.05) is 52.5 Å². The summed E-state index contributed by atoms with van der Waals surface area (Å²) < 4.78 is 1.37. The molecule has 0 fully saturated rings. The van der Waals surface area contributed by atoms with Gasteiger partial charge in [0.1, 0.15) is 16.6 Å². The van der Waals surface area contributed by atoms with Gasteiger partial charge in [-0.25, -0.2) is 5.43 Å². The molecule has 0 aliphatic carbocycles. The minimum atomic E-state index is -0.489. The lowest BCUT2D eigenvalue weighted by molar-refractivity contribution is -0.121. The van der Waals surface area contributed by atoms with Crippen LogP contribution in [0.4, 0.5) is 0 Å². The summed E-state index contributed by atoms with van der Waals surface area (Å²) in [4.78, 5) is 23.2. The Labute approximate surface area is 151 Å². The van der Waals surface area contributed by atoms with E-state index in [1.54, 1.807) is 18.2 Å². The van der Waals surface area contributed by atoms with Crippen LogP contribution in [-0.4, -0.2) is 16.7 Å². The molecule has 0 unspecified atom stereocenters. The van der Waals surface area contributed by atoms with Crippen LogP contribution in [0.1, 0.15) is 5.56 Å². The van der Waals surface area contributed by atoms with Crippen molar-refractivity contribution < 1.29 is 4.79 Å². The Kier molecular flexibility index (Phi) is 6.07. The third-order valence-corrected chi connectivity index (χ3v) is 3.90. The number of carbonyl (C=O) groups excluding carboxylic acids is 1. The zero-order valence-corrected chi connectivity index (χ0v) is 14.4. The molecule has 23 heavy (non-hydrogen) atoms. The highest BCUT2D eigenvalue weighted by molar-refractivity contribution is 6.38. The Morgan fingerprint density at radius 1 is 1.09 bits per heavy atom. The second-order valence-electron chi connectivity index (χ2n) is 4.38. The lowest BCUT2D eigenvalue weighted by Gasteiger charge is -2.06. The predicted octanol–water partition coefficient (Wildman–Crippen LogP) is 3.61. The van der Waals surface area contributed by atoms with E-state index in [1.165, 1.54) is 23.2 Å². The Morgan fingerprint density at radius 2 is 1.65 bits per heavy atom. The topological polar surface area (TPSA) is 63.5 Å². The van der Waals surface area contributed by atoms with Gasteiger partial charge in [-0.05, 0) is 12.1 Å². The fourth-order valence-corrected chi connectivity index (χ4v) is 2.65. The molecule has 2 rings (SSSR count).